The molecule has 0 fully saturated rings. The third-order valence-electron chi connectivity index (χ3n) is 1.23. The summed E-state index contributed by atoms with van der Waals surface area (Å²) in [5.41, 5.74) is -0.290. The first-order valence-electron chi connectivity index (χ1n) is 3.18. The lowest BCUT2D eigenvalue weighted by molar-refractivity contribution is 0.325. The van der Waals surface area contributed by atoms with Crippen LogP contribution in [0, 0.1) is 0 Å². The molecule has 1 N–H and O–H groups in total. The Balaban J connectivity index is 2.98. The monoisotopic (exact) mass is 189 g/mol. The van der Waals surface area contributed by atoms with Crippen molar-refractivity contribution < 1.29 is 4.74 Å². The Labute approximate surface area is 73.6 Å². The largest absolute Gasteiger partial charge is 0.486 e. The second kappa shape index (κ2) is 3.44. The highest BCUT2D eigenvalue weighted by atomic mass is 35.5. The molecule has 0 bridgehead atoms. The van der Waals surface area contributed by atoms with Crippen molar-refractivity contribution in [1.82, 2.24) is 14.8 Å². The lowest BCUT2D eigenvalue weighted by Gasteiger charge is -1.91. The van der Waals surface area contributed by atoms with Gasteiger partial charge >= 0.3 is 5.69 Å². The fourth-order valence-corrected chi connectivity index (χ4v) is 0.757. The number of H-pyrrole nitrogens is 1. The zero-order chi connectivity index (χ0) is 9.14. The molecule has 5 nitrogen and oxygen atoms in total. The van der Waals surface area contributed by atoms with Gasteiger partial charge in [-0.2, -0.15) is 5.10 Å². The number of aromatic nitrogens is 3. The predicted molar refractivity (Wildman–Crippen MR) is 44.7 cm³/mol. The van der Waals surface area contributed by atoms with Gasteiger partial charge in [0, 0.05) is 13.1 Å². The summed E-state index contributed by atoms with van der Waals surface area (Å²) in [5.74, 6) is 0.370. The number of aryl methyl sites for hydroxylation is 1. The van der Waals surface area contributed by atoms with Crippen LogP contribution >= 0.6 is 11.6 Å². The molecule has 6 heteroatoms. The maximum absolute atomic E-state index is 10.8. The number of hydrogen-bond acceptors (Lipinski definition) is 3. The molecule has 0 aromatic carbocycles. The van der Waals surface area contributed by atoms with E-state index >= 15 is 0 Å². The molecule has 0 unspecified atom stereocenters. The van der Waals surface area contributed by atoms with Gasteiger partial charge in [-0.25, -0.2) is 9.48 Å². The van der Waals surface area contributed by atoms with E-state index in [1.165, 1.54) is 24.9 Å². The Kier molecular flexibility index (Phi) is 2.54. The quantitative estimate of drug-likeness (QED) is 0.681. The van der Waals surface area contributed by atoms with Gasteiger partial charge in [-0.15, -0.1) is 0 Å². The Morgan fingerprint density at radius 1 is 1.83 bits per heavy atom. The van der Waals surface area contributed by atoms with Gasteiger partial charge in [0.1, 0.15) is 0 Å². The van der Waals surface area contributed by atoms with E-state index in [0.29, 0.717) is 5.82 Å². The van der Waals surface area contributed by atoms with Crippen molar-refractivity contribution in [3.63, 3.8) is 0 Å². The van der Waals surface area contributed by atoms with Crippen LogP contribution in [0.2, 0.25) is 0 Å². The van der Waals surface area contributed by atoms with Gasteiger partial charge < -0.3 is 4.74 Å². The minimum absolute atomic E-state index is 0.171. The number of nitrogens with zero attached hydrogens (tertiary/aromatic N) is 2. The third-order valence-corrected chi connectivity index (χ3v) is 1.50. The van der Waals surface area contributed by atoms with Crippen molar-refractivity contribution >= 4 is 17.7 Å². The van der Waals surface area contributed by atoms with Crippen LogP contribution in [0.3, 0.4) is 0 Å². The predicted octanol–water partition coefficient (Wildman–Crippen LogP) is 0.292. The Morgan fingerprint density at radius 3 is 2.92 bits per heavy atom. The van der Waals surface area contributed by atoms with Crippen LogP contribution in [0.5, 0.6) is 0 Å². The summed E-state index contributed by atoms with van der Waals surface area (Å²) < 4.78 is 5.83. The van der Waals surface area contributed by atoms with E-state index in [4.69, 9.17) is 11.6 Å². The number of methoxy groups -OCH3 is 1. The Hall–Kier alpha value is -1.23. The fourth-order valence-electron chi connectivity index (χ4n) is 0.654. The number of nitrogens with one attached hydrogen (secondary N) is 1. The topological polar surface area (TPSA) is 59.9 Å². The SMILES string of the molecule is COC(Cl)=Cc1nn(C)c(=O)[nH]1. The van der Waals surface area contributed by atoms with Crippen LogP contribution in [0.1, 0.15) is 5.82 Å². The van der Waals surface area contributed by atoms with Gasteiger partial charge in [-0.05, 0) is 11.6 Å². The first kappa shape index (κ1) is 8.86. The molecule has 1 aromatic heterocycles. The summed E-state index contributed by atoms with van der Waals surface area (Å²) in [7, 11) is 2.97. The zero-order valence-electron chi connectivity index (χ0n) is 6.67. The van der Waals surface area contributed by atoms with Gasteiger partial charge in [-0.3, -0.25) is 4.98 Å². The van der Waals surface area contributed by atoms with Crippen molar-refractivity contribution in [1.29, 1.82) is 0 Å². The first-order chi connectivity index (χ1) is 5.63. The van der Waals surface area contributed by atoms with Crippen LogP contribution in [0.25, 0.3) is 6.08 Å². The third kappa shape index (κ3) is 1.88. The summed E-state index contributed by atoms with van der Waals surface area (Å²) in [6.07, 6.45) is 1.42. The average molecular weight is 190 g/mol. The number of rotatable bonds is 2. The summed E-state index contributed by atoms with van der Waals surface area (Å²) in [5, 5.41) is 3.98. The molecule has 1 rings (SSSR count). The van der Waals surface area contributed by atoms with E-state index in [9.17, 15) is 4.79 Å². The van der Waals surface area contributed by atoms with Crippen molar-refractivity contribution in [3.8, 4) is 0 Å². The molecule has 0 amide bonds. The molecule has 0 aliphatic rings. The van der Waals surface area contributed by atoms with Gasteiger partial charge in [-0.1, -0.05) is 0 Å². The van der Waals surface area contributed by atoms with E-state index in [0.717, 1.165) is 0 Å². The van der Waals surface area contributed by atoms with Gasteiger partial charge in [0.15, 0.2) is 11.0 Å². The van der Waals surface area contributed by atoms with Crippen LogP contribution < -0.4 is 5.69 Å². The van der Waals surface area contributed by atoms with Crippen molar-refractivity contribution in [2.24, 2.45) is 7.05 Å². The van der Waals surface area contributed by atoms with Crippen molar-refractivity contribution in [2.45, 2.75) is 0 Å². The summed E-state index contributed by atoms with van der Waals surface area (Å²) >= 11 is 5.53. The molecule has 0 saturated carbocycles. The smallest absolute Gasteiger partial charge is 0.343 e. The first-order valence-corrected chi connectivity index (χ1v) is 3.56. The fraction of sp³-hybridized carbons (Fsp3) is 0.333. The normalized spacial score (nSPS) is 11.8. The summed E-state index contributed by atoms with van der Waals surface area (Å²) in [6.45, 7) is 0. The Bertz CT molecular complexity index is 352. The molecule has 0 aliphatic heterocycles. The van der Waals surface area contributed by atoms with Gasteiger partial charge in [0.25, 0.3) is 0 Å². The summed E-state index contributed by atoms with van der Waals surface area (Å²) in [6, 6.07) is 0. The van der Waals surface area contributed by atoms with Crippen LogP contribution in [0.15, 0.2) is 10.0 Å². The number of aromatic amines is 1. The van der Waals surface area contributed by atoms with E-state index in [2.05, 4.69) is 14.8 Å². The minimum atomic E-state index is -0.290. The van der Waals surface area contributed by atoms with E-state index in [1.54, 1.807) is 0 Å². The maximum atomic E-state index is 10.8. The molecule has 1 aromatic rings. The zero-order valence-corrected chi connectivity index (χ0v) is 7.42. The molecule has 66 valence electrons. The maximum Gasteiger partial charge on any atom is 0.343 e. The summed E-state index contributed by atoms with van der Waals surface area (Å²) in [4.78, 5) is 13.3. The molecule has 12 heavy (non-hydrogen) atoms. The molecule has 0 spiro atoms. The average Bonchev–Trinajstić information content (AvgIpc) is 2.31. The minimum Gasteiger partial charge on any atom is -0.486 e. The van der Waals surface area contributed by atoms with E-state index in [1.807, 2.05) is 0 Å². The molecule has 0 radical (unpaired) electrons. The molecule has 0 atom stereocenters. The standard InChI is InChI=1S/C6H8ClN3O2/c1-10-6(11)8-5(9-10)3-4(7)12-2/h3H,1-2H3,(H,8,9,11). The highest BCUT2D eigenvalue weighted by Gasteiger charge is 1.98. The van der Waals surface area contributed by atoms with Crippen LogP contribution in [-0.4, -0.2) is 21.9 Å². The van der Waals surface area contributed by atoms with Gasteiger partial charge in [0.2, 0.25) is 0 Å². The highest BCUT2D eigenvalue weighted by Crippen LogP contribution is 2.04. The van der Waals surface area contributed by atoms with E-state index < -0.39 is 0 Å². The number of hydrogen-bond donors (Lipinski definition) is 1. The molecule has 0 saturated heterocycles. The van der Waals surface area contributed by atoms with Crippen LogP contribution in [0.4, 0.5) is 0 Å². The highest BCUT2D eigenvalue weighted by molar-refractivity contribution is 6.30. The lowest BCUT2D eigenvalue weighted by Crippen LogP contribution is -2.13. The second-order valence-corrected chi connectivity index (χ2v) is 2.46. The second-order valence-electron chi connectivity index (χ2n) is 2.09. The van der Waals surface area contributed by atoms with Crippen molar-refractivity contribution in [3.05, 3.63) is 21.5 Å². The lowest BCUT2D eigenvalue weighted by atomic mass is 10.6. The van der Waals surface area contributed by atoms with Crippen LogP contribution in [-0.2, 0) is 11.8 Å². The molecule has 1 heterocycles. The van der Waals surface area contributed by atoms with Crippen molar-refractivity contribution in [2.75, 3.05) is 7.11 Å². The van der Waals surface area contributed by atoms with E-state index in [-0.39, 0.29) is 10.9 Å². The number of ether oxygens (including phenoxy) is 1. The molecule has 0 aliphatic carbocycles. The Morgan fingerprint density at radius 2 is 2.50 bits per heavy atom. The molecular weight excluding hydrogens is 182 g/mol. The van der Waals surface area contributed by atoms with Gasteiger partial charge in [0.05, 0.1) is 7.11 Å². The number of halogens is 1. The molecular formula is C6H8ClN3O2.